The van der Waals surface area contributed by atoms with E-state index in [2.05, 4.69) is 10.6 Å². The average molecular weight is 317 g/mol. The van der Waals surface area contributed by atoms with E-state index in [9.17, 15) is 9.59 Å². The minimum Gasteiger partial charge on any atom is -0.467 e. The molecule has 1 amide bonds. The van der Waals surface area contributed by atoms with Crippen LogP contribution < -0.4 is 10.6 Å². The van der Waals surface area contributed by atoms with Crippen LogP contribution >= 0.6 is 0 Å². The molecule has 0 bridgehead atoms. The molecule has 1 aromatic rings. The van der Waals surface area contributed by atoms with Crippen LogP contribution in [0.25, 0.3) is 5.57 Å². The van der Waals surface area contributed by atoms with Crippen LogP contribution in [0.5, 0.6) is 0 Å². The third-order valence-corrected chi connectivity index (χ3v) is 3.21. The number of nitrogens with zero attached hydrogens (tertiary/aromatic N) is 1. The number of rotatable bonds is 4. The molecule has 1 N–H and O–H groups in total. The number of fused-ring (bicyclic) bond motifs is 1. The predicted molar refractivity (Wildman–Crippen MR) is 86.0 cm³/mol. The minimum absolute atomic E-state index is 0.284. The Labute approximate surface area is 135 Å². The first-order chi connectivity index (χ1) is 10.8. The van der Waals surface area contributed by atoms with Gasteiger partial charge in [-0.1, -0.05) is 18.2 Å². The molecule has 1 radical (unpaired) electrons. The van der Waals surface area contributed by atoms with Crippen molar-refractivity contribution in [1.29, 1.82) is 0 Å². The zero-order valence-corrected chi connectivity index (χ0v) is 13.8. The lowest BCUT2D eigenvalue weighted by Gasteiger charge is -2.22. The Bertz CT molecular complexity index is 632. The van der Waals surface area contributed by atoms with Crippen molar-refractivity contribution in [3.8, 4) is 0 Å². The summed E-state index contributed by atoms with van der Waals surface area (Å²) >= 11 is 0. The number of para-hydroxylation sites is 1. The van der Waals surface area contributed by atoms with Crippen molar-refractivity contribution in [2.45, 2.75) is 38.8 Å². The Morgan fingerprint density at radius 2 is 1.96 bits per heavy atom. The van der Waals surface area contributed by atoms with Gasteiger partial charge in [0.1, 0.15) is 11.6 Å². The molecule has 2 rings (SSSR count). The molecule has 0 aliphatic carbocycles. The number of benzene rings is 1. The number of hydrogen-bond donors (Lipinski definition) is 1. The molecule has 0 saturated carbocycles. The fourth-order valence-corrected chi connectivity index (χ4v) is 2.24. The van der Waals surface area contributed by atoms with E-state index < -0.39 is 23.7 Å². The summed E-state index contributed by atoms with van der Waals surface area (Å²) in [6, 6.07) is 6.80. The Morgan fingerprint density at radius 1 is 1.26 bits per heavy atom. The van der Waals surface area contributed by atoms with Crippen LogP contribution in [0, 0.1) is 0 Å². The molecule has 23 heavy (non-hydrogen) atoms. The summed E-state index contributed by atoms with van der Waals surface area (Å²) in [6.07, 6.45) is 1.33. The van der Waals surface area contributed by atoms with E-state index in [1.54, 1.807) is 27.0 Å². The van der Waals surface area contributed by atoms with Gasteiger partial charge in [0, 0.05) is 18.2 Å². The Hall–Kier alpha value is -2.50. The summed E-state index contributed by atoms with van der Waals surface area (Å²) in [6.45, 7) is 5.27. The van der Waals surface area contributed by atoms with Gasteiger partial charge in [-0.2, -0.15) is 0 Å². The standard InChI is InChI=1S/C17H21N2O4/c1-17(2,3)23-16(21)19-14(15(20)22-4)9-11-10-18-13-8-6-5-7-12(11)13/h5-8,10,14H,9H2,1-4H3,(H,19,21)/t14-/m0/s1. The van der Waals surface area contributed by atoms with Crippen LogP contribution in [0.2, 0.25) is 0 Å². The molecule has 6 heteroatoms. The number of methoxy groups -OCH3 is 1. The van der Waals surface area contributed by atoms with Gasteiger partial charge >= 0.3 is 12.1 Å². The van der Waals surface area contributed by atoms with Crippen molar-refractivity contribution in [3.63, 3.8) is 0 Å². The lowest BCUT2D eigenvalue weighted by atomic mass is 10.00. The van der Waals surface area contributed by atoms with Crippen LogP contribution in [0.3, 0.4) is 0 Å². The smallest absolute Gasteiger partial charge is 0.408 e. The maximum atomic E-state index is 12.0. The van der Waals surface area contributed by atoms with Gasteiger partial charge in [-0.15, -0.1) is 0 Å². The normalized spacial score (nSPS) is 14.2. The van der Waals surface area contributed by atoms with Gasteiger partial charge in [0.25, 0.3) is 0 Å². The van der Waals surface area contributed by atoms with Crippen LogP contribution in [0.1, 0.15) is 32.8 Å². The van der Waals surface area contributed by atoms with E-state index in [-0.39, 0.29) is 6.42 Å². The Kier molecular flexibility index (Phi) is 4.93. The fraction of sp³-hybridized carbons (Fsp3) is 0.412. The lowest BCUT2D eigenvalue weighted by molar-refractivity contribution is -0.143. The highest BCUT2D eigenvalue weighted by molar-refractivity contribution is 5.86. The number of esters is 1. The van der Waals surface area contributed by atoms with Crippen molar-refractivity contribution in [2.24, 2.45) is 0 Å². The first-order valence-electron chi connectivity index (χ1n) is 7.37. The summed E-state index contributed by atoms with van der Waals surface area (Å²) in [4.78, 5) is 23.9. The second-order valence-electron chi connectivity index (χ2n) is 6.23. The second-order valence-corrected chi connectivity index (χ2v) is 6.23. The van der Waals surface area contributed by atoms with Crippen molar-refractivity contribution in [3.05, 3.63) is 36.0 Å². The molecule has 1 atom stereocenters. The molecule has 1 aliphatic heterocycles. The summed E-state index contributed by atoms with van der Waals surface area (Å²) < 4.78 is 9.97. The fourth-order valence-electron chi connectivity index (χ4n) is 2.24. The second kappa shape index (κ2) is 6.73. The van der Waals surface area contributed by atoms with Gasteiger partial charge < -0.3 is 14.8 Å². The molecule has 1 heterocycles. The molecular formula is C17H21N2O4. The summed E-state index contributed by atoms with van der Waals surface area (Å²) in [5.74, 6) is -0.527. The molecule has 0 unspecified atom stereocenters. The third kappa shape index (κ3) is 4.48. The maximum absolute atomic E-state index is 12.0. The highest BCUT2D eigenvalue weighted by Gasteiger charge is 2.28. The summed E-state index contributed by atoms with van der Waals surface area (Å²) in [5, 5.41) is 6.86. The lowest BCUT2D eigenvalue weighted by Crippen LogP contribution is -2.44. The van der Waals surface area contributed by atoms with E-state index in [1.807, 2.05) is 24.3 Å². The number of ether oxygens (including phenoxy) is 2. The molecule has 0 fully saturated rings. The number of nitrogens with one attached hydrogen (secondary N) is 1. The van der Waals surface area contributed by atoms with E-state index in [1.165, 1.54) is 7.11 Å². The number of alkyl carbamates (subject to hydrolysis) is 1. The van der Waals surface area contributed by atoms with Crippen molar-refractivity contribution in [2.75, 3.05) is 7.11 Å². The van der Waals surface area contributed by atoms with Crippen LogP contribution in [0.15, 0.2) is 30.5 Å². The topological polar surface area (TPSA) is 78.7 Å². The van der Waals surface area contributed by atoms with E-state index >= 15 is 0 Å². The van der Waals surface area contributed by atoms with E-state index in [0.29, 0.717) is 0 Å². The van der Waals surface area contributed by atoms with Gasteiger partial charge in [0.2, 0.25) is 0 Å². The van der Waals surface area contributed by atoms with Gasteiger partial charge in [0.15, 0.2) is 0 Å². The number of carbonyl (C=O) groups is 2. The van der Waals surface area contributed by atoms with Crippen LogP contribution in [-0.2, 0) is 14.3 Å². The minimum atomic E-state index is -0.831. The summed E-state index contributed by atoms with van der Waals surface area (Å²) in [5.41, 5.74) is 2.03. The van der Waals surface area contributed by atoms with Crippen molar-refractivity contribution < 1.29 is 19.1 Å². The first kappa shape index (κ1) is 16.9. The van der Waals surface area contributed by atoms with Gasteiger partial charge in [-0.05, 0) is 32.4 Å². The van der Waals surface area contributed by atoms with Crippen LogP contribution in [0.4, 0.5) is 10.5 Å². The van der Waals surface area contributed by atoms with Crippen LogP contribution in [-0.4, -0.2) is 30.8 Å². The number of amides is 1. The third-order valence-electron chi connectivity index (χ3n) is 3.21. The van der Waals surface area contributed by atoms with Crippen molar-refractivity contribution >= 4 is 23.3 Å². The highest BCUT2D eigenvalue weighted by Crippen LogP contribution is 2.32. The largest absolute Gasteiger partial charge is 0.467 e. The number of carbonyl (C=O) groups excluding carboxylic acids is 2. The summed E-state index contributed by atoms with van der Waals surface area (Å²) in [7, 11) is 1.29. The van der Waals surface area contributed by atoms with Crippen molar-refractivity contribution in [1.82, 2.24) is 10.6 Å². The van der Waals surface area contributed by atoms with Gasteiger partial charge in [0.05, 0.1) is 12.8 Å². The van der Waals surface area contributed by atoms with E-state index in [4.69, 9.17) is 9.47 Å². The Balaban J connectivity index is 2.09. The molecule has 1 aliphatic rings. The predicted octanol–water partition coefficient (Wildman–Crippen LogP) is 2.73. The molecule has 1 aromatic carbocycles. The molecule has 6 nitrogen and oxygen atoms in total. The molecule has 0 spiro atoms. The number of hydrogen-bond acceptors (Lipinski definition) is 4. The first-order valence-corrected chi connectivity index (χ1v) is 7.37. The molecule has 0 aromatic heterocycles. The quantitative estimate of drug-likeness (QED) is 0.866. The molecular weight excluding hydrogens is 296 g/mol. The zero-order chi connectivity index (χ0) is 17.0. The van der Waals surface area contributed by atoms with E-state index in [0.717, 1.165) is 16.8 Å². The van der Waals surface area contributed by atoms with Gasteiger partial charge in [-0.3, -0.25) is 5.32 Å². The van der Waals surface area contributed by atoms with Gasteiger partial charge in [-0.25, -0.2) is 9.59 Å². The SMILES string of the molecule is COC(=O)[C@H](CC1=C[N]c2ccccc21)NC(=O)OC(C)(C)C. The monoisotopic (exact) mass is 317 g/mol. The highest BCUT2D eigenvalue weighted by atomic mass is 16.6. The Morgan fingerprint density at radius 3 is 2.61 bits per heavy atom. The maximum Gasteiger partial charge on any atom is 0.408 e. The zero-order valence-electron chi connectivity index (χ0n) is 13.8. The molecule has 123 valence electrons. The average Bonchev–Trinajstić information content (AvgIpc) is 2.87. The molecule has 0 saturated heterocycles.